The van der Waals surface area contributed by atoms with E-state index >= 15 is 0 Å². The van der Waals surface area contributed by atoms with Crippen LogP contribution in [-0.4, -0.2) is 45.6 Å². The van der Waals surface area contributed by atoms with Crippen LogP contribution in [0.4, 0.5) is 5.69 Å². The zero-order valence-corrected chi connectivity index (χ0v) is 16.3. The number of hydrogen-bond acceptors (Lipinski definition) is 5. The fraction of sp³-hybridized carbons (Fsp3) is 0.474. The first kappa shape index (κ1) is 18.6. The van der Waals surface area contributed by atoms with Gasteiger partial charge in [-0.2, -0.15) is 0 Å². The summed E-state index contributed by atoms with van der Waals surface area (Å²) in [6.07, 6.45) is 0.701. The van der Waals surface area contributed by atoms with E-state index < -0.39 is 0 Å². The molecule has 2 heterocycles. The minimum absolute atomic E-state index is 0.0567. The number of amides is 2. The highest BCUT2D eigenvalue weighted by Gasteiger charge is 2.41. The van der Waals surface area contributed by atoms with Gasteiger partial charge in [0.1, 0.15) is 11.9 Å². The molecule has 0 saturated carbocycles. The SMILES string of the molecule is CC(C)CC1N=C2c3ccccc3N=C(SCC(=O)NC(C)C)N2C1=O. The van der Waals surface area contributed by atoms with E-state index in [9.17, 15) is 9.59 Å². The van der Waals surface area contributed by atoms with Crippen molar-refractivity contribution in [1.29, 1.82) is 0 Å². The number of para-hydroxylation sites is 1. The number of fused-ring (bicyclic) bond motifs is 3. The van der Waals surface area contributed by atoms with E-state index in [1.54, 1.807) is 4.90 Å². The van der Waals surface area contributed by atoms with Gasteiger partial charge in [0.05, 0.1) is 11.4 Å². The molecule has 1 aromatic carbocycles. The van der Waals surface area contributed by atoms with Crippen molar-refractivity contribution in [3.05, 3.63) is 29.8 Å². The highest BCUT2D eigenvalue weighted by Crippen LogP contribution is 2.34. The minimum atomic E-state index is -0.383. The number of nitrogens with one attached hydrogen (secondary N) is 1. The van der Waals surface area contributed by atoms with Gasteiger partial charge in [-0.3, -0.25) is 14.6 Å². The van der Waals surface area contributed by atoms with Gasteiger partial charge in [0.2, 0.25) is 5.91 Å². The fourth-order valence-electron chi connectivity index (χ4n) is 2.99. The molecule has 6 nitrogen and oxygen atoms in total. The van der Waals surface area contributed by atoms with E-state index in [1.807, 2.05) is 38.1 Å². The molecule has 2 aliphatic rings. The van der Waals surface area contributed by atoms with E-state index in [0.29, 0.717) is 23.3 Å². The number of carbonyl (C=O) groups excluding carboxylic acids is 2. The van der Waals surface area contributed by atoms with E-state index in [2.05, 4.69) is 24.2 Å². The van der Waals surface area contributed by atoms with Gasteiger partial charge in [-0.15, -0.1) is 0 Å². The van der Waals surface area contributed by atoms with Gasteiger partial charge < -0.3 is 5.32 Å². The van der Waals surface area contributed by atoms with E-state index in [-0.39, 0.29) is 29.7 Å². The van der Waals surface area contributed by atoms with Crippen LogP contribution in [0.2, 0.25) is 0 Å². The van der Waals surface area contributed by atoms with Crippen molar-refractivity contribution >= 4 is 40.3 Å². The summed E-state index contributed by atoms with van der Waals surface area (Å²) in [6, 6.07) is 7.37. The van der Waals surface area contributed by atoms with Crippen molar-refractivity contribution in [2.75, 3.05) is 5.75 Å². The first-order chi connectivity index (χ1) is 12.4. The predicted molar refractivity (Wildman–Crippen MR) is 106 cm³/mol. The topological polar surface area (TPSA) is 74.1 Å². The van der Waals surface area contributed by atoms with Crippen LogP contribution in [0.1, 0.15) is 39.7 Å². The molecule has 3 rings (SSSR count). The van der Waals surface area contributed by atoms with Gasteiger partial charge in [0.15, 0.2) is 5.17 Å². The Hall–Kier alpha value is -2.15. The summed E-state index contributed by atoms with van der Waals surface area (Å²) < 4.78 is 0. The summed E-state index contributed by atoms with van der Waals surface area (Å²) in [7, 11) is 0. The number of rotatable bonds is 5. The molecular formula is C19H24N4O2S. The summed E-state index contributed by atoms with van der Waals surface area (Å²) in [5, 5.41) is 3.38. The summed E-state index contributed by atoms with van der Waals surface area (Å²) in [5.41, 5.74) is 1.65. The molecule has 2 aliphatic heterocycles. The van der Waals surface area contributed by atoms with Crippen LogP contribution >= 0.6 is 11.8 Å². The second-order valence-corrected chi connectivity index (χ2v) is 8.14. The Labute approximate surface area is 158 Å². The van der Waals surface area contributed by atoms with Crippen molar-refractivity contribution < 1.29 is 9.59 Å². The van der Waals surface area contributed by atoms with Crippen LogP contribution in [-0.2, 0) is 9.59 Å². The third kappa shape index (κ3) is 3.82. The van der Waals surface area contributed by atoms with Crippen LogP contribution < -0.4 is 5.32 Å². The van der Waals surface area contributed by atoms with Gasteiger partial charge in [-0.25, -0.2) is 9.89 Å². The van der Waals surface area contributed by atoms with Crippen molar-refractivity contribution in [2.24, 2.45) is 15.9 Å². The summed E-state index contributed by atoms with van der Waals surface area (Å²) in [4.78, 5) is 35.8. The van der Waals surface area contributed by atoms with Gasteiger partial charge in [0, 0.05) is 11.6 Å². The average molecular weight is 372 g/mol. The third-order valence-electron chi connectivity index (χ3n) is 4.02. The Morgan fingerprint density at radius 2 is 2.00 bits per heavy atom. The molecule has 1 atom stereocenters. The Kier molecular flexibility index (Phi) is 5.46. The van der Waals surface area contributed by atoms with Crippen molar-refractivity contribution in [1.82, 2.24) is 10.2 Å². The molecule has 1 aromatic rings. The number of carbonyl (C=O) groups is 2. The number of aliphatic imine (C=N–C) groups is 2. The predicted octanol–water partition coefficient (Wildman–Crippen LogP) is 2.95. The lowest BCUT2D eigenvalue weighted by Crippen LogP contribution is -2.42. The summed E-state index contributed by atoms with van der Waals surface area (Å²) in [6.45, 7) is 8.00. The highest BCUT2D eigenvalue weighted by molar-refractivity contribution is 8.14. The first-order valence-corrected chi connectivity index (χ1v) is 9.87. The molecule has 7 heteroatoms. The Morgan fingerprint density at radius 3 is 2.69 bits per heavy atom. The second kappa shape index (κ2) is 7.61. The molecule has 0 saturated heterocycles. The number of nitrogens with zero attached hydrogens (tertiary/aromatic N) is 3. The number of amidine groups is 2. The lowest BCUT2D eigenvalue weighted by Gasteiger charge is -2.25. The third-order valence-corrected chi connectivity index (χ3v) is 4.96. The van der Waals surface area contributed by atoms with Gasteiger partial charge in [-0.1, -0.05) is 37.7 Å². The molecule has 1 unspecified atom stereocenters. The molecule has 2 amide bonds. The van der Waals surface area contributed by atoms with Crippen molar-refractivity contribution in [2.45, 2.75) is 46.2 Å². The second-order valence-electron chi connectivity index (χ2n) is 7.19. The van der Waals surface area contributed by atoms with Crippen LogP contribution in [0.25, 0.3) is 0 Å². The van der Waals surface area contributed by atoms with Crippen LogP contribution in [0.3, 0.4) is 0 Å². The zero-order valence-electron chi connectivity index (χ0n) is 15.5. The standard InChI is InChI=1S/C19H24N4O2S/c1-11(2)9-15-18(25)23-17(21-15)13-7-5-6-8-14(13)22-19(23)26-10-16(24)20-12(3)4/h5-8,11-12,15H,9-10H2,1-4H3,(H,20,24). The maximum absolute atomic E-state index is 12.9. The number of thioether (sulfide) groups is 1. The molecule has 0 fully saturated rings. The first-order valence-electron chi connectivity index (χ1n) is 8.89. The normalized spacial score (nSPS) is 18.6. The molecular weight excluding hydrogens is 348 g/mol. The quantitative estimate of drug-likeness (QED) is 0.863. The van der Waals surface area contributed by atoms with Gasteiger partial charge in [-0.05, 0) is 38.3 Å². The molecule has 0 bridgehead atoms. The number of hydrogen-bond donors (Lipinski definition) is 1. The molecule has 0 aliphatic carbocycles. The molecule has 0 spiro atoms. The van der Waals surface area contributed by atoms with Gasteiger partial charge in [0.25, 0.3) is 5.91 Å². The maximum Gasteiger partial charge on any atom is 0.259 e. The minimum Gasteiger partial charge on any atom is -0.353 e. The largest absolute Gasteiger partial charge is 0.353 e. The Bertz CT molecular complexity index is 785. The van der Waals surface area contributed by atoms with Gasteiger partial charge >= 0.3 is 0 Å². The summed E-state index contributed by atoms with van der Waals surface area (Å²) >= 11 is 1.27. The average Bonchev–Trinajstić information content (AvgIpc) is 2.89. The lowest BCUT2D eigenvalue weighted by molar-refractivity contribution is -0.125. The monoisotopic (exact) mass is 372 g/mol. The van der Waals surface area contributed by atoms with E-state index in [1.165, 1.54) is 11.8 Å². The van der Waals surface area contributed by atoms with E-state index in [4.69, 9.17) is 4.99 Å². The van der Waals surface area contributed by atoms with Crippen molar-refractivity contribution in [3.8, 4) is 0 Å². The van der Waals surface area contributed by atoms with E-state index in [0.717, 1.165) is 11.3 Å². The maximum atomic E-state index is 12.9. The van der Waals surface area contributed by atoms with Crippen LogP contribution in [0.5, 0.6) is 0 Å². The van der Waals surface area contributed by atoms with Crippen molar-refractivity contribution in [3.63, 3.8) is 0 Å². The smallest absolute Gasteiger partial charge is 0.259 e. The summed E-state index contributed by atoms with van der Waals surface area (Å²) in [5.74, 6) is 1.10. The molecule has 0 radical (unpaired) electrons. The molecule has 138 valence electrons. The lowest BCUT2D eigenvalue weighted by atomic mass is 10.0. The molecule has 26 heavy (non-hydrogen) atoms. The molecule has 0 aromatic heterocycles. The Morgan fingerprint density at radius 1 is 1.27 bits per heavy atom. The zero-order chi connectivity index (χ0) is 18.8. The fourth-order valence-corrected chi connectivity index (χ4v) is 3.80. The number of benzene rings is 1. The van der Waals surface area contributed by atoms with Crippen LogP contribution in [0.15, 0.2) is 34.3 Å². The molecule has 1 N–H and O–H groups in total. The Balaban J connectivity index is 1.88. The van der Waals surface area contributed by atoms with Crippen LogP contribution in [0, 0.1) is 5.92 Å². The highest BCUT2D eigenvalue weighted by atomic mass is 32.2.